The van der Waals surface area contributed by atoms with E-state index in [4.69, 9.17) is 0 Å². The first kappa shape index (κ1) is 28.7. The second-order valence-corrected chi connectivity index (χ2v) is 15.6. The first-order valence-corrected chi connectivity index (χ1v) is 19.1. The topological polar surface area (TPSA) is 9.86 Å². The molecule has 0 bridgehead atoms. The van der Waals surface area contributed by atoms with E-state index in [2.05, 4.69) is 191 Å². The van der Waals surface area contributed by atoms with Crippen molar-refractivity contribution in [1.82, 2.24) is 9.13 Å². The van der Waals surface area contributed by atoms with Gasteiger partial charge in [0.1, 0.15) is 0 Å². The smallest absolute Gasteiger partial charge is 0.0538 e. The minimum absolute atomic E-state index is 0.305. The van der Waals surface area contributed by atoms with Crippen LogP contribution in [0.1, 0.15) is 0 Å². The van der Waals surface area contributed by atoms with Crippen LogP contribution in [0.3, 0.4) is 0 Å². The minimum Gasteiger partial charge on any atom is -0.0617 e. The van der Waals surface area contributed by atoms with Crippen LogP contribution in [0.25, 0.3) is 96.5 Å². The summed E-state index contributed by atoms with van der Waals surface area (Å²) in [6.07, 6.45) is 0. The summed E-state index contributed by atoms with van der Waals surface area (Å²) in [5.41, 5.74) is 12.2. The largest absolute Gasteiger partial charge is 0.0617 e. The minimum atomic E-state index is 0.305. The summed E-state index contributed by atoms with van der Waals surface area (Å²) in [5.74, 6) is 0. The molecule has 0 aliphatic carbocycles. The molecular formula is C48H30N2Se. The Morgan fingerprint density at radius 2 is 0.804 bits per heavy atom. The number of benzene rings is 8. The van der Waals surface area contributed by atoms with E-state index in [1.165, 1.54) is 90.8 Å². The van der Waals surface area contributed by atoms with Crippen molar-refractivity contribution >= 4 is 77.4 Å². The summed E-state index contributed by atoms with van der Waals surface area (Å²) in [4.78, 5) is 0. The van der Waals surface area contributed by atoms with E-state index < -0.39 is 0 Å². The standard InChI is InChI=1S/C48H30N2Se/c1-2-11-31(12-3-1)32-21-23-33(24-22-32)34-13-10-14-35(29-34)49-41-18-7-4-16-39(41)47-43(49)27-28-44-48(47)40-17-5-8-19-42(40)50(44)36-25-26-38-37-15-6-9-20-45(37)51-46(38)30-36/h1-30H. The van der Waals surface area contributed by atoms with Crippen LogP contribution in [0.5, 0.6) is 0 Å². The van der Waals surface area contributed by atoms with Crippen LogP contribution in [0.15, 0.2) is 182 Å². The van der Waals surface area contributed by atoms with Crippen molar-refractivity contribution in [2.24, 2.45) is 0 Å². The Bertz CT molecular complexity index is 3120. The first-order valence-electron chi connectivity index (χ1n) is 17.4. The molecule has 0 unspecified atom stereocenters. The van der Waals surface area contributed by atoms with Crippen molar-refractivity contribution < 1.29 is 0 Å². The van der Waals surface area contributed by atoms with Gasteiger partial charge in [0.15, 0.2) is 0 Å². The van der Waals surface area contributed by atoms with Gasteiger partial charge < -0.3 is 0 Å². The van der Waals surface area contributed by atoms with Crippen LogP contribution in [-0.2, 0) is 0 Å². The molecule has 0 saturated carbocycles. The number of hydrogen-bond donors (Lipinski definition) is 0. The van der Waals surface area contributed by atoms with Gasteiger partial charge in [-0.2, -0.15) is 0 Å². The van der Waals surface area contributed by atoms with Gasteiger partial charge >= 0.3 is 225 Å². The average Bonchev–Trinajstić information content (AvgIpc) is 3.85. The predicted molar refractivity (Wildman–Crippen MR) is 218 cm³/mol. The van der Waals surface area contributed by atoms with Crippen molar-refractivity contribution in [3.8, 4) is 33.6 Å². The molecule has 11 rings (SSSR count). The molecule has 3 heteroatoms. The number of fused-ring (bicyclic) bond motifs is 10. The van der Waals surface area contributed by atoms with Crippen LogP contribution >= 0.6 is 0 Å². The van der Waals surface area contributed by atoms with Crippen molar-refractivity contribution in [2.45, 2.75) is 0 Å². The third kappa shape index (κ3) is 4.36. The number of aromatic nitrogens is 2. The Morgan fingerprint density at radius 1 is 0.294 bits per heavy atom. The van der Waals surface area contributed by atoms with Gasteiger partial charge in [-0.25, -0.2) is 0 Å². The van der Waals surface area contributed by atoms with Crippen LogP contribution in [-0.4, -0.2) is 23.6 Å². The van der Waals surface area contributed by atoms with Crippen LogP contribution in [0, 0.1) is 0 Å². The Morgan fingerprint density at radius 3 is 1.49 bits per heavy atom. The molecule has 2 nitrogen and oxygen atoms in total. The zero-order valence-corrected chi connectivity index (χ0v) is 29.3. The Balaban J connectivity index is 1.12. The number of hydrogen-bond acceptors (Lipinski definition) is 0. The fourth-order valence-corrected chi connectivity index (χ4v) is 10.6. The molecule has 0 radical (unpaired) electrons. The molecule has 11 aromatic rings. The molecule has 0 amide bonds. The predicted octanol–water partition coefficient (Wildman–Crippen LogP) is 12.6. The molecule has 3 aromatic heterocycles. The molecule has 0 N–H and O–H groups in total. The SMILES string of the molecule is c1ccc(-c2ccc(-c3cccc(-n4c5ccccc5c5c6c7ccccc7n(-c7ccc8c(c7)[se]c7ccccc78)c6ccc54)c3)cc2)cc1. The van der Waals surface area contributed by atoms with Crippen molar-refractivity contribution in [1.29, 1.82) is 0 Å². The van der Waals surface area contributed by atoms with Gasteiger partial charge in [0.05, 0.1) is 0 Å². The van der Waals surface area contributed by atoms with E-state index in [1.54, 1.807) is 0 Å². The van der Waals surface area contributed by atoms with E-state index in [0.29, 0.717) is 14.5 Å². The van der Waals surface area contributed by atoms with Crippen LogP contribution < -0.4 is 0 Å². The molecule has 0 spiro atoms. The molecule has 0 saturated heterocycles. The molecule has 238 valence electrons. The molecule has 0 atom stereocenters. The molecule has 0 aliphatic heterocycles. The summed E-state index contributed by atoms with van der Waals surface area (Å²) >= 11 is 0.305. The number of rotatable bonds is 4. The fourth-order valence-electron chi connectivity index (χ4n) is 8.24. The quantitative estimate of drug-likeness (QED) is 0.161. The maximum Gasteiger partial charge on any atom is -0.0538 e. The third-order valence-electron chi connectivity index (χ3n) is 10.5. The van der Waals surface area contributed by atoms with Gasteiger partial charge in [0.25, 0.3) is 0 Å². The molecule has 0 aliphatic rings. The van der Waals surface area contributed by atoms with Crippen LogP contribution in [0.4, 0.5) is 0 Å². The summed E-state index contributed by atoms with van der Waals surface area (Å²) in [6.45, 7) is 0. The summed E-state index contributed by atoms with van der Waals surface area (Å²) in [6, 6.07) is 67.0. The van der Waals surface area contributed by atoms with Gasteiger partial charge in [-0.05, 0) is 16.7 Å². The van der Waals surface area contributed by atoms with E-state index in [0.717, 1.165) is 5.69 Å². The fraction of sp³-hybridized carbons (Fsp3) is 0. The van der Waals surface area contributed by atoms with E-state index in [9.17, 15) is 0 Å². The second-order valence-electron chi connectivity index (χ2n) is 13.3. The van der Waals surface area contributed by atoms with Gasteiger partial charge in [0, 0.05) is 0 Å². The summed E-state index contributed by atoms with van der Waals surface area (Å²) in [7, 11) is 0. The van der Waals surface area contributed by atoms with Gasteiger partial charge in [-0.1, -0.05) is 60.7 Å². The Kier molecular flexibility index (Phi) is 6.30. The van der Waals surface area contributed by atoms with E-state index in [-0.39, 0.29) is 0 Å². The summed E-state index contributed by atoms with van der Waals surface area (Å²) < 4.78 is 7.87. The maximum absolute atomic E-state index is 2.48. The first-order chi connectivity index (χ1) is 25.3. The molecule has 8 aromatic carbocycles. The average molecular weight is 714 g/mol. The normalized spacial score (nSPS) is 11.9. The van der Waals surface area contributed by atoms with Crippen molar-refractivity contribution in [3.05, 3.63) is 182 Å². The van der Waals surface area contributed by atoms with Gasteiger partial charge in [-0.3, -0.25) is 0 Å². The Hall–Kier alpha value is -6.12. The zero-order valence-electron chi connectivity index (χ0n) is 27.6. The zero-order chi connectivity index (χ0) is 33.5. The van der Waals surface area contributed by atoms with Gasteiger partial charge in [-0.15, -0.1) is 0 Å². The summed E-state index contributed by atoms with van der Waals surface area (Å²) in [5, 5.41) is 7.93. The molecule has 51 heavy (non-hydrogen) atoms. The number of para-hydroxylation sites is 2. The Labute approximate surface area is 300 Å². The second kappa shape index (κ2) is 11.2. The van der Waals surface area contributed by atoms with E-state index >= 15 is 0 Å². The van der Waals surface area contributed by atoms with Crippen molar-refractivity contribution in [2.75, 3.05) is 0 Å². The van der Waals surface area contributed by atoms with E-state index in [1.807, 2.05) is 0 Å². The van der Waals surface area contributed by atoms with Crippen molar-refractivity contribution in [3.63, 3.8) is 0 Å². The molecule has 3 heterocycles. The molecule has 0 fully saturated rings. The molecular weight excluding hydrogens is 684 g/mol. The maximum atomic E-state index is 2.48. The van der Waals surface area contributed by atoms with Crippen LogP contribution in [0.2, 0.25) is 0 Å². The third-order valence-corrected chi connectivity index (χ3v) is 12.9. The monoisotopic (exact) mass is 714 g/mol. The van der Waals surface area contributed by atoms with Gasteiger partial charge in [0.2, 0.25) is 0 Å². The number of nitrogens with zero attached hydrogens (tertiary/aromatic N) is 2.